The molecule has 2 aromatic rings. The zero-order chi connectivity index (χ0) is 21.6. The van der Waals surface area contributed by atoms with Crippen LogP contribution in [0.5, 0.6) is 0 Å². The number of rotatable bonds is 3. The van der Waals surface area contributed by atoms with Crippen LogP contribution in [0.25, 0.3) is 0 Å². The van der Waals surface area contributed by atoms with E-state index in [0.29, 0.717) is 40.4 Å². The van der Waals surface area contributed by atoms with Gasteiger partial charge in [-0.1, -0.05) is 29.0 Å². The van der Waals surface area contributed by atoms with Gasteiger partial charge in [-0.15, -0.1) is 0 Å². The third-order valence-electron chi connectivity index (χ3n) is 5.40. The number of hydrogen-bond donors (Lipinski definition) is 1. The smallest absolute Gasteiger partial charge is 0.324 e. The number of aryl methyl sites for hydroxylation is 1. The van der Waals surface area contributed by atoms with Crippen LogP contribution in [0, 0.1) is 28.4 Å². The third kappa shape index (κ3) is 3.16. The van der Waals surface area contributed by atoms with Crippen LogP contribution in [0.2, 0.25) is 5.02 Å². The molecule has 2 aliphatic rings. The number of halogens is 1. The molecule has 1 aliphatic carbocycles. The van der Waals surface area contributed by atoms with E-state index >= 15 is 0 Å². The minimum atomic E-state index is -0.702. The molecule has 2 heterocycles. The first kappa shape index (κ1) is 20.1. The molecule has 0 spiro atoms. The Morgan fingerprint density at radius 3 is 2.77 bits per heavy atom. The van der Waals surface area contributed by atoms with Crippen molar-refractivity contribution in [3.8, 4) is 6.07 Å². The van der Waals surface area contributed by atoms with E-state index in [1.54, 1.807) is 23.1 Å². The second kappa shape index (κ2) is 7.59. The Hall–Kier alpha value is -3.15. The van der Waals surface area contributed by atoms with Gasteiger partial charge < -0.3 is 5.73 Å². The Morgan fingerprint density at radius 2 is 2.10 bits per heavy atom. The minimum Gasteiger partial charge on any atom is -0.384 e. The van der Waals surface area contributed by atoms with Gasteiger partial charge in [0.15, 0.2) is 5.78 Å². The molecule has 1 atom stereocenters. The Kier molecular flexibility index (Phi) is 5.10. The Labute approximate surface area is 181 Å². The largest absolute Gasteiger partial charge is 0.384 e. The second-order valence-corrected chi connectivity index (χ2v) is 8.71. The highest BCUT2D eigenvalue weighted by atomic mass is 35.5. The van der Waals surface area contributed by atoms with Gasteiger partial charge in [0.05, 0.1) is 28.2 Å². The number of thiophene rings is 1. The van der Waals surface area contributed by atoms with Gasteiger partial charge in [-0.25, -0.2) is 0 Å². The molecular formula is C21H17ClN4O3S. The number of nitrogens with zero attached hydrogens (tertiary/aromatic N) is 3. The van der Waals surface area contributed by atoms with Crippen molar-refractivity contribution in [3.63, 3.8) is 0 Å². The Balaban J connectivity index is 1.98. The number of nitrogens with two attached hydrogens (primary N) is 1. The first-order valence-electron chi connectivity index (χ1n) is 9.30. The quantitative estimate of drug-likeness (QED) is 0.535. The maximum atomic E-state index is 13.0. The van der Waals surface area contributed by atoms with E-state index in [1.165, 1.54) is 6.07 Å². The van der Waals surface area contributed by atoms with Gasteiger partial charge in [-0.3, -0.25) is 19.8 Å². The highest BCUT2D eigenvalue weighted by Crippen LogP contribution is 2.49. The molecule has 4 rings (SSSR count). The summed E-state index contributed by atoms with van der Waals surface area (Å²) in [5, 5.41) is 21.6. The summed E-state index contributed by atoms with van der Waals surface area (Å²) in [5.74, 6) is -0.549. The predicted octanol–water partition coefficient (Wildman–Crippen LogP) is 4.92. The molecule has 0 saturated carbocycles. The SMILES string of the molecule is Cc1ccc(Cl)cc1N1C(N)=C(C#N)C(c2ccc([N+](=O)[O-])s2)C2=C1CCCC2=O. The summed E-state index contributed by atoms with van der Waals surface area (Å²) >= 11 is 7.18. The van der Waals surface area contributed by atoms with E-state index < -0.39 is 10.8 Å². The fraction of sp³-hybridized carbons (Fsp3) is 0.238. The van der Waals surface area contributed by atoms with E-state index in [9.17, 15) is 20.2 Å². The number of carbonyl (C=O) groups is 1. The lowest BCUT2D eigenvalue weighted by Crippen LogP contribution is -2.38. The molecule has 0 saturated heterocycles. The summed E-state index contributed by atoms with van der Waals surface area (Å²) in [6, 6.07) is 10.5. The molecule has 1 aliphatic heterocycles. The molecule has 1 unspecified atom stereocenters. The van der Waals surface area contributed by atoms with Crippen molar-refractivity contribution in [1.29, 1.82) is 5.26 Å². The van der Waals surface area contributed by atoms with Crippen LogP contribution in [0.4, 0.5) is 10.7 Å². The van der Waals surface area contributed by atoms with Crippen LogP contribution >= 0.6 is 22.9 Å². The van der Waals surface area contributed by atoms with Gasteiger partial charge in [0.2, 0.25) is 0 Å². The molecule has 0 amide bonds. The van der Waals surface area contributed by atoms with Crippen molar-refractivity contribution < 1.29 is 9.72 Å². The van der Waals surface area contributed by atoms with Gasteiger partial charge in [0.1, 0.15) is 5.82 Å². The fourth-order valence-corrected chi connectivity index (χ4v) is 5.17. The van der Waals surface area contributed by atoms with Crippen LogP contribution in [0.15, 0.2) is 53.0 Å². The number of allylic oxidation sites excluding steroid dienone is 3. The molecule has 7 nitrogen and oxygen atoms in total. The molecular weight excluding hydrogens is 424 g/mol. The third-order valence-corrected chi connectivity index (χ3v) is 6.74. The van der Waals surface area contributed by atoms with E-state index in [4.69, 9.17) is 17.3 Å². The van der Waals surface area contributed by atoms with Crippen molar-refractivity contribution in [1.82, 2.24) is 0 Å². The number of carbonyl (C=O) groups excluding carboxylic acids is 1. The lowest BCUT2D eigenvalue weighted by atomic mass is 9.78. The number of nitriles is 1. The van der Waals surface area contributed by atoms with Gasteiger partial charge in [-0.2, -0.15) is 5.26 Å². The van der Waals surface area contributed by atoms with Crippen molar-refractivity contribution in [2.75, 3.05) is 4.90 Å². The number of ketones is 1. The topological polar surface area (TPSA) is 113 Å². The van der Waals surface area contributed by atoms with Gasteiger partial charge in [0.25, 0.3) is 0 Å². The van der Waals surface area contributed by atoms with E-state index in [-0.39, 0.29) is 22.2 Å². The van der Waals surface area contributed by atoms with Crippen LogP contribution in [0.3, 0.4) is 0 Å². The molecule has 1 aromatic carbocycles. The molecule has 30 heavy (non-hydrogen) atoms. The second-order valence-electron chi connectivity index (χ2n) is 7.18. The van der Waals surface area contributed by atoms with E-state index in [1.807, 2.05) is 13.0 Å². The highest BCUT2D eigenvalue weighted by Gasteiger charge is 2.41. The summed E-state index contributed by atoms with van der Waals surface area (Å²) in [5.41, 5.74) is 9.54. The lowest BCUT2D eigenvalue weighted by molar-refractivity contribution is -0.380. The molecule has 1 aromatic heterocycles. The molecule has 9 heteroatoms. The summed E-state index contributed by atoms with van der Waals surface area (Å²) in [6.07, 6.45) is 1.64. The van der Waals surface area contributed by atoms with Crippen molar-refractivity contribution in [2.24, 2.45) is 5.73 Å². The number of anilines is 1. The monoisotopic (exact) mass is 440 g/mol. The van der Waals surface area contributed by atoms with Gasteiger partial charge in [0, 0.05) is 33.7 Å². The number of benzene rings is 1. The molecule has 2 N–H and O–H groups in total. The van der Waals surface area contributed by atoms with Crippen LogP contribution in [-0.4, -0.2) is 10.7 Å². The highest BCUT2D eigenvalue weighted by molar-refractivity contribution is 7.15. The summed E-state index contributed by atoms with van der Waals surface area (Å²) in [4.78, 5) is 26.1. The van der Waals surface area contributed by atoms with Crippen molar-refractivity contribution in [3.05, 3.63) is 78.6 Å². The molecule has 0 radical (unpaired) electrons. The number of Topliss-reactive ketones (excluding diaryl/α,β-unsaturated/α-hetero) is 1. The molecule has 0 fully saturated rings. The normalized spacial score (nSPS) is 19.0. The maximum Gasteiger partial charge on any atom is 0.324 e. The maximum absolute atomic E-state index is 13.0. The predicted molar refractivity (Wildman–Crippen MR) is 115 cm³/mol. The Morgan fingerprint density at radius 1 is 1.33 bits per heavy atom. The van der Waals surface area contributed by atoms with Crippen molar-refractivity contribution in [2.45, 2.75) is 32.1 Å². The summed E-state index contributed by atoms with van der Waals surface area (Å²) in [7, 11) is 0. The molecule has 152 valence electrons. The van der Waals surface area contributed by atoms with Crippen LogP contribution < -0.4 is 10.6 Å². The minimum absolute atomic E-state index is 0.0422. The summed E-state index contributed by atoms with van der Waals surface area (Å²) < 4.78 is 0. The molecule has 0 bridgehead atoms. The zero-order valence-corrected chi connectivity index (χ0v) is 17.6. The van der Waals surface area contributed by atoms with Crippen LogP contribution in [-0.2, 0) is 4.79 Å². The van der Waals surface area contributed by atoms with Crippen LogP contribution in [0.1, 0.15) is 35.6 Å². The number of nitro groups is 1. The average Bonchev–Trinajstić information content (AvgIpc) is 3.20. The zero-order valence-electron chi connectivity index (χ0n) is 16.0. The van der Waals surface area contributed by atoms with Gasteiger partial charge >= 0.3 is 5.00 Å². The summed E-state index contributed by atoms with van der Waals surface area (Å²) in [6.45, 7) is 1.91. The van der Waals surface area contributed by atoms with E-state index in [2.05, 4.69) is 6.07 Å². The fourth-order valence-electron chi connectivity index (χ4n) is 4.07. The standard InChI is InChI=1S/C21H17ClN4O3S/c1-11-5-6-12(22)9-15(11)25-14-3-2-4-16(27)20(14)19(13(10-23)21(25)24)17-7-8-18(30-17)26(28)29/h5-9,19H,2-4,24H2,1H3. The number of hydrogen-bond acceptors (Lipinski definition) is 7. The van der Waals surface area contributed by atoms with E-state index in [0.717, 1.165) is 22.6 Å². The first-order chi connectivity index (χ1) is 14.3. The van der Waals surface area contributed by atoms with Crippen molar-refractivity contribution >= 4 is 39.4 Å². The average molecular weight is 441 g/mol. The Bertz CT molecular complexity index is 1190. The van der Waals surface area contributed by atoms with Gasteiger partial charge in [-0.05, 0) is 43.5 Å². The first-order valence-corrected chi connectivity index (χ1v) is 10.5. The lowest BCUT2D eigenvalue weighted by Gasteiger charge is -2.39.